The van der Waals surface area contributed by atoms with E-state index in [-0.39, 0.29) is 11.4 Å². The SMILES string of the molecule is Cn1nc(CCNS(=O)(=O)c2cccc3cccnc23)c2c1CCOC2. The van der Waals surface area contributed by atoms with Gasteiger partial charge in [-0.25, -0.2) is 13.1 Å². The molecule has 8 heteroatoms. The summed E-state index contributed by atoms with van der Waals surface area (Å²) in [5.74, 6) is 0. The van der Waals surface area contributed by atoms with Crippen LogP contribution < -0.4 is 4.72 Å². The minimum atomic E-state index is -3.65. The van der Waals surface area contributed by atoms with Gasteiger partial charge < -0.3 is 4.74 Å². The summed E-state index contributed by atoms with van der Waals surface area (Å²) in [4.78, 5) is 4.42. The molecule has 0 fully saturated rings. The molecule has 136 valence electrons. The smallest absolute Gasteiger partial charge is 0.242 e. The molecule has 1 aliphatic heterocycles. The molecule has 4 rings (SSSR count). The quantitative estimate of drug-likeness (QED) is 0.735. The summed E-state index contributed by atoms with van der Waals surface area (Å²) in [6, 6.07) is 8.79. The molecule has 1 aromatic carbocycles. The highest BCUT2D eigenvalue weighted by atomic mass is 32.2. The Morgan fingerprint density at radius 1 is 1.27 bits per heavy atom. The molecule has 0 aliphatic carbocycles. The number of rotatable bonds is 5. The number of fused-ring (bicyclic) bond motifs is 2. The maximum atomic E-state index is 12.7. The second kappa shape index (κ2) is 6.79. The van der Waals surface area contributed by atoms with Crippen molar-refractivity contribution < 1.29 is 13.2 Å². The summed E-state index contributed by atoms with van der Waals surface area (Å²) in [6.45, 7) is 1.51. The first-order valence-corrected chi connectivity index (χ1v) is 9.99. The molecule has 1 aliphatic rings. The number of sulfonamides is 1. The van der Waals surface area contributed by atoms with Crippen molar-refractivity contribution >= 4 is 20.9 Å². The van der Waals surface area contributed by atoms with Gasteiger partial charge in [-0.2, -0.15) is 5.10 Å². The van der Waals surface area contributed by atoms with Crippen molar-refractivity contribution in [1.82, 2.24) is 19.5 Å². The van der Waals surface area contributed by atoms with Crippen molar-refractivity contribution in [2.45, 2.75) is 24.3 Å². The van der Waals surface area contributed by atoms with Crippen LogP contribution in [0.3, 0.4) is 0 Å². The third kappa shape index (κ3) is 3.11. The number of nitrogens with zero attached hydrogens (tertiary/aromatic N) is 3. The van der Waals surface area contributed by atoms with Gasteiger partial charge in [0.05, 0.1) is 24.4 Å². The van der Waals surface area contributed by atoms with Gasteiger partial charge in [-0.15, -0.1) is 0 Å². The van der Waals surface area contributed by atoms with Gasteiger partial charge in [-0.1, -0.05) is 18.2 Å². The molecule has 0 atom stereocenters. The van der Waals surface area contributed by atoms with Crippen LogP contribution in [0.1, 0.15) is 17.0 Å². The topological polar surface area (TPSA) is 86.1 Å². The molecule has 0 bridgehead atoms. The van der Waals surface area contributed by atoms with Crippen LogP contribution >= 0.6 is 0 Å². The van der Waals surface area contributed by atoms with Crippen LogP contribution in [0.4, 0.5) is 0 Å². The highest BCUT2D eigenvalue weighted by Gasteiger charge is 2.21. The summed E-state index contributed by atoms with van der Waals surface area (Å²) in [5, 5.41) is 5.32. The molecule has 2 aromatic heterocycles. The third-order valence-corrected chi connectivity index (χ3v) is 6.12. The van der Waals surface area contributed by atoms with E-state index in [1.54, 1.807) is 24.4 Å². The zero-order valence-electron chi connectivity index (χ0n) is 14.5. The molecule has 0 radical (unpaired) electrons. The van der Waals surface area contributed by atoms with Crippen LogP contribution in [-0.2, 0) is 41.3 Å². The second-order valence-corrected chi connectivity index (χ2v) is 8.01. The van der Waals surface area contributed by atoms with Crippen molar-refractivity contribution in [2.24, 2.45) is 7.05 Å². The molecular formula is C18H20N4O3S. The summed E-state index contributed by atoms with van der Waals surface area (Å²) < 4.78 is 35.5. The van der Waals surface area contributed by atoms with Crippen LogP contribution in [0.15, 0.2) is 41.4 Å². The van der Waals surface area contributed by atoms with Crippen LogP contribution in [0, 0.1) is 0 Å². The third-order valence-electron chi connectivity index (χ3n) is 4.63. The molecular weight excluding hydrogens is 352 g/mol. The number of benzene rings is 1. The summed E-state index contributed by atoms with van der Waals surface area (Å²) in [7, 11) is -1.73. The van der Waals surface area contributed by atoms with Crippen LogP contribution in [-0.4, -0.2) is 36.3 Å². The Bertz CT molecular complexity index is 1050. The number of aromatic nitrogens is 3. The average Bonchev–Trinajstić information content (AvgIpc) is 2.97. The number of hydrogen-bond acceptors (Lipinski definition) is 5. The Morgan fingerprint density at radius 3 is 3.00 bits per heavy atom. The minimum absolute atomic E-state index is 0.196. The number of ether oxygens (including phenoxy) is 1. The molecule has 3 heterocycles. The number of hydrogen-bond donors (Lipinski definition) is 1. The number of nitrogens with one attached hydrogen (secondary N) is 1. The van der Waals surface area contributed by atoms with Crippen molar-refractivity contribution in [3.63, 3.8) is 0 Å². The monoisotopic (exact) mass is 372 g/mol. The van der Waals surface area contributed by atoms with Crippen LogP contribution in [0.25, 0.3) is 10.9 Å². The molecule has 0 amide bonds. The fraction of sp³-hybridized carbons (Fsp3) is 0.333. The molecule has 3 aromatic rings. The van der Waals surface area contributed by atoms with Gasteiger partial charge in [0.2, 0.25) is 10.0 Å². The Morgan fingerprint density at radius 2 is 2.12 bits per heavy atom. The summed E-state index contributed by atoms with van der Waals surface area (Å²) in [5.41, 5.74) is 3.63. The Balaban J connectivity index is 1.53. The summed E-state index contributed by atoms with van der Waals surface area (Å²) >= 11 is 0. The normalized spacial score (nSPS) is 14.5. The first kappa shape index (κ1) is 17.1. The van der Waals surface area contributed by atoms with E-state index in [2.05, 4.69) is 14.8 Å². The van der Waals surface area contributed by atoms with E-state index < -0.39 is 10.0 Å². The van der Waals surface area contributed by atoms with E-state index in [0.717, 1.165) is 23.1 Å². The first-order valence-electron chi connectivity index (χ1n) is 8.51. The molecule has 1 N–H and O–H groups in total. The van der Waals surface area contributed by atoms with E-state index in [0.29, 0.717) is 25.2 Å². The maximum Gasteiger partial charge on any atom is 0.242 e. The van der Waals surface area contributed by atoms with Crippen LogP contribution in [0.5, 0.6) is 0 Å². The van der Waals surface area contributed by atoms with E-state index in [1.807, 2.05) is 23.9 Å². The first-order chi connectivity index (χ1) is 12.6. The molecule has 0 saturated carbocycles. The lowest BCUT2D eigenvalue weighted by Crippen LogP contribution is -2.26. The van der Waals surface area contributed by atoms with Gasteiger partial charge in [-0.05, 0) is 12.1 Å². The van der Waals surface area contributed by atoms with Crippen LogP contribution in [0.2, 0.25) is 0 Å². The highest BCUT2D eigenvalue weighted by molar-refractivity contribution is 7.89. The minimum Gasteiger partial charge on any atom is -0.376 e. The Labute approximate surface area is 152 Å². The van der Waals surface area contributed by atoms with Gasteiger partial charge in [0.15, 0.2) is 0 Å². The lowest BCUT2D eigenvalue weighted by molar-refractivity contribution is 0.108. The molecule has 0 saturated heterocycles. The number of aryl methyl sites for hydroxylation is 1. The molecule has 7 nitrogen and oxygen atoms in total. The maximum absolute atomic E-state index is 12.7. The predicted molar refractivity (Wildman–Crippen MR) is 97.2 cm³/mol. The van der Waals surface area contributed by atoms with Crippen molar-refractivity contribution in [3.05, 3.63) is 53.5 Å². The average molecular weight is 372 g/mol. The zero-order chi connectivity index (χ0) is 18.1. The van der Waals surface area contributed by atoms with E-state index in [4.69, 9.17) is 4.74 Å². The molecule has 26 heavy (non-hydrogen) atoms. The fourth-order valence-corrected chi connectivity index (χ4v) is 4.57. The number of pyridine rings is 1. The lowest BCUT2D eigenvalue weighted by Gasteiger charge is -2.13. The molecule has 0 spiro atoms. The van der Waals surface area contributed by atoms with E-state index in [9.17, 15) is 8.42 Å². The number of para-hydroxylation sites is 1. The summed E-state index contributed by atoms with van der Waals surface area (Å²) in [6.07, 6.45) is 2.96. The van der Waals surface area contributed by atoms with Gasteiger partial charge in [0.25, 0.3) is 0 Å². The van der Waals surface area contributed by atoms with Gasteiger partial charge in [0.1, 0.15) is 4.90 Å². The zero-order valence-corrected chi connectivity index (χ0v) is 15.3. The molecule has 0 unspecified atom stereocenters. The lowest BCUT2D eigenvalue weighted by atomic mass is 10.1. The standard InChI is InChI=1S/C18H20N4O3S/c1-22-16-8-11-25-12-14(16)15(21-22)7-10-20-26(23,24)17-6-2-4-13-5-3-9-19-18(13)17/h2-6,9,20H,7-8,10-12H2,1H3. The van der Waals surface area contributed by atoms with Crippen molar-refractivity contribution in [2.75, 3.05) is 13.2 Å². The van der Waals surface area contributed by atoms with Crippen molar-refractivity contribution in [3.8, 4) is 0 Å². The van der Waals surface area contributed by atoms with E-state index in [1.165, 1.54) is 5.69 Å². The predicted octanol–water partition coefficient (Wildman–Crippen LogP) is 1.56. The van der Waals surface area contributed by atoms with Gasteiger partial charge in [-0.3, -0.25) is 9.67 Å². The highest BCUT2D eigenvalue weighted by Crippen LogP contribution is 2.22. The second-order valence-electron chi connectivity index (χ2n) is 6.28. The van der Waals surface area contributed by atoms with Gasteiger partial charge in [0, 0.05) is 49.3 Å². The van der Waals surface area contributed by atoms with Gasteiger partial charge >= 0.3 is 0 Å². The largest absolute Gasteiger partial charge is 0.376 e. The van der Waals surface area contributed by atoms with E-state index >= 15 is 0 Å². The fourth-order valence-electron chi connectivity index (χ4n) is 3.36. The Hall–Kier alpha value is -2.29. The Kier molecular flexibility index (Phi) is 4.47. The van der Waals surface area contributed by atoms with Crippen molar-refractivity contribution in [1.29, 1.82) is 0 Å².